The molecular weight excluding hydrogens is 123 g/mol. The molecule has 0 N–H and O–H groups in total. The van der Waals surface area contributed by atoms with Gasteiger partial charge in [-0.3, -0.25) is 9.59 Å². The molecule has 0 aliphatic rings. The zero-order chi connectivity index (χ0) is 7.28. The fourth-order valence-electron chi connectivity index (χ4n) is 0.270. The summed E-state index contributed by atoms with van der Waals surface area (Å²) in [4.78, 5) is 19.4. The normalized spacial score (nSPS) is 11.7. The van der Waals surface area contributed by atoms with Crippen molar-refractivity contribution in [3.8, 4) is 0 Å². The maximum atomic E-state index is 9.89. The molecule has 0 saturated heterocycles. The first-order chi connectivity index (χ1) is 4.16. The highest BCUT2D eigenvalue weighted by Crippen LogP contribution is 1.89. The second kappa shape index (κ2) is 3.94. The van der Waals surface area contributed by atoms with Crippen molar-refractivity contribution in [2.75, 3.05) is 0 Å². The van der Waals surface area contributed by atoms with Crippen LogP contribution >= 0.6 is 0 Å². The molecule has 4 nitrogen and oxygen atoms in total. The summed E-state index contributed by atoms with van der Waals surface area (Å²) < 4.78 is 8.33. The Morgan fingerprint density at radius 1 is 1.78 bits per heavy atom. The van der Waals surface area contributed by atoms with Crippen molar-refractivity contribution in [1.29, 1.82) is 0 Å². The molecule has 48 valence electrons. The molecule has 1 atom stereocenters. The first kappa shape index (κ1) is 8.00. The standard InChI is InChI=1S/C4H5BO4/c1-3(8-2-6)9-4(5)7/h2-3H,1H3. The van der Waals surface area contributed by atoms with Crippen molar-refractivity contribution in [3.63, 3.8) is 0 Å². The summed E-state index contributed by atoms with van der Waals surface area (Å²) in [6.45, 7) is 1.55. The Labute approximate surface area is 53.5 Å². The number of ether oxygens (including phenoxy) is 2. The molecule has 0 rings (SSSR count). The summed E-state index contributed by atoms with van der Waals surface area (Å²) in [7, 11) is 4.57. The van der Waals surface area contributed by atoms with E-state index in [9.17, 15) is 9.59 Å². The Hall–Kier alpha value is -0.995. The molecule has 2 radical (unpaired) electrons. The van der Waals surface area contributed by atoms with Gasteiger partial charge in [0.1, 0.15) is 0 Å². The van der Waals surface area contributed by atoms with E-state index in [1.165, 1.54) is 6.92 Å². The summed E-state index contributed by atoms with van der Waals surface area (Å²) in [6.07, 6.45) is -0.903. The minimum Gasteiger partial charge on any atom is -0.435 e. The maximum absolute atomic E-state index is 9.89. The second-order valence-corrected chi connectivity index (χ2v) is 1.24. The van der Waals surface area contributed by atoms with E-state index in [2.05, 4.69) is 17.3 Å². The van der Waals surface area contributed by atoms with Gasteiger partial charge in [0, 0.05) is 6.92 Å². The molecular formula is C4H5BO4. The van der Waals surface area contributed by atoms with E-state index in [4.69, 9.17) is 0 Å². The van der Waals surface area contributed by atoms with Gasteiger partial charge in [0.2, 0.25) is 20.0 Å². The largest absolute Gasteiger partial charge is 0.435 e. The number of carbonyl (C=O) groups is 2. The van der Waals surface area contributed by atoms with Crippen molar-refractivity contribution in [1.82, 2.24) is 0 Å². The number of hydrogen-bond acceptors (Lipinski definition) is 4. The average molecular weight is 128 g/mol. The van der Waals surface area contributed by atoms with Gasteiger partial charge in [-0.1, -0.05) is 0 Å². The summed E-state index contributed by atoms with van der Waals surface area (Å²) >= 11 is 0. The van der Waals surface area contributed by atoms with Gasteiger partial charge in [-0.05, 0) is 0 Å². The van der Waals surface area contributed by atoms with Gasteiger partial charge in [-0.15, -0.1) is 0 Å². The Morgan fingerprint density at radius 3 is 2.67 bits per heavy atom. The first-order valence-electron chi connectivity index (χ1n) is 2.22. The molecule has 0 bridgehead atoms. The molecule has 1 unspecified atom stereocenters. The predicted octanol–water partition coefficient (Wildman–Crippen LogP) is -0.190. The summed E-state index contributed by atoms with van der Waals surface area (Å²) in [5, 5.41) is 0. The number of carbonyl (C=O) groups excluding carboxylic acids is 2. The van der Waals surface area contributed by atoms with E-state index in [1.807, 2.05) is 0 Å². The minimum absolute atomic E-state index is 0.174. The van der Waals surface area contributed by atoms with Crippen LogP contribution in [0.25, 0.3) is 0 Å². The molecule has 0 saturated carbocycles. The molecule has 0 amide bonds. The molecule has 0 aromatic carbocycles. The highest BCUT2D eigenvalue weighted by Gasteiger charge is 2.01. The lowest BCUT2D eigenvalue weighted by atomic mass is 10.2. The molecule has 9 heavy (non-hydrogen) atoms. The van der Waals surface area contributed by atoms with E-state index in [0.29, 0.717) is 0 Å². The third kappa shape index (κ3) is 4.87. The molecule has 0 aromatic heterocycles. The molecule has 0 heterocycles. The van der Waals surface area contributed by atoms with Gasteiger partial charge in [-0.2, -0.15) is 0 Å². The van der Waals surface area contributed by atoms with Crippen LogP contribution in [0.2, 0.25) is 0 Å². The molecule has 0 aliphatic heterocycles. The van der Waals surface area contributed by atoms with E-state index in [-0.39, 0.29) is 6.47 Å². The number of rotatable bonds is 3. The van der Waals surface area contributed by atoms with Crippen LogP contribution in [0, 0.1) is 0 Å². The number of hydrogen-bond donors (Lipinski definition) is 0. The smallest absolute Gasteiger partial charge is 0.296 e. The van der Waals surface area contributed by atoms with E-state index >= 15 is 0 Å². The van der Waals surface area contributed by atoms with Gasteiger partial charge >= 0.3 is 0 Å². The van der Waals surface area contributed by atoms with Gasteiger partial charge in [-0.25, -0.2) is 0 Å². The van der Waals surface area contributed by atoms with Gasteiger partial charge < -0.3 is 9.47 Å². The zero-order valence-corrected chi connectivity index (χ0v) is 4.87. The molecule has 0 spiro atoms. The van der Waals surface area contributed by atoms with Gasteiger partial charge in [0.15, 0.2) is 0 Å². The van der Waals surface area contributed by atoms with Gasteiger partial charge in [0.25, 0.3) is 6.47 Å². The SMILES string of the molecule is [B]C(=O)OC(C)OC=O. The Balaban J connectivity index is 3.37. The Morgan fingerprint density at radius 2 is 2.33 bits per heavy atom. The summed E-state index contributed by atoms with van der Waals surface area (Å²) in [6, 6.07) is 0. The predicted molar refractivity (Wildman–Crippen MR) is 28.8 cm³/mol. The summed E-state index contributed by atoms with van der Waals surface area (Å²) in [5.74, 6) is -0.968. The molecule has 5 heteroatoms. The van der Waals surface area contributed by atoms with Crippen LogP contribution < -0.4 is 0 Å². The van der Waals surface area contributed by atoms with Crippen molar-refractivity contribution in [3.05, 3.63) is 0 Å². The monoisotopic (exact) mass is 128 g/mol. The van der Waals surface area contributed by atoms with Crippen LogP contribution in [-0.4, -0.2) is 26.5 Å². The van der Waals surface area contributed by atoms with Crippen LogP contribution in [-0.2, 0) is 14.3 Å². The third-order valence-corrected chi connectivity index (χ3v) is 0.529. The highest BCUT2D eigenvalue weighted by molar-refractivity contribution is 6.55. The maximum Gasteiger partial charge on any atom is 0.296 e. The Kier molecular flexibility index (Phi) is 3.51. The van der Waals surface area contributed by atoms with Crippen molar-refractivity contribution >= 4 is 20.2 Å². The minimum atomic E-state index is -0.968. The Bertz CT molecular complexity index is 113. The van der Waals surface area contributed by atoms with Crippen LogP contribution in [0.1, 0.15) is 6.92 Å². The molecule has 0 aromatic rings. The molecule has 0 aliphatic carbocycles. The lowest BCUT2D eigenvalue weighted by Crippen LogP contribution is -2.15. The quantitative estimate of drug-likeness (QED) is 0.300. The van der Waals surface area contributed by atoms with Crippen molar-refractivity contribution < 1.29 is 19.1 Å². The third-order valence-electron chi connectivity index (χ3n) is 0.529. The zero-order valence-electron chi connectivity index (χ0n) is 4.87. The van der Waals surface area contributed by atoms with Crippen LogP contribution in [0.4, 0.5) is 4.79 Å². The summed E-state index contributed by atoms with van der Waals surface area (Å²) in [5.41, 5.74) is 0. The van der Waals surface area contributed by atoms with Crippen LogP contribution in [0.5, 0.6) is 0 Å². The lowest BCUT2D eigenvalue weighted by Gasteiger charge is -2.07. The first-order valence-corrected chi connectivity index (χ1v) is 2.22. The van der Waals surface area contributed by atoms with Gasteiger partial charge in [0.05, 0.1) is 0 Å². The van der Waals surface area contributed by atoms with E-state index in [0.717, 1.165) is 0 Å². The topological polar surface area (TPSA) is 52.6 Å². The lowest BCUT2D eigenvalue weighted by molar-refractivity contribution is -0.147. The highest BCUT2D eigenvalue weighted by atomic mass is 16.7. The van der Waals surface area contributed by atoms with E-state index < -0.39 is 12.2 Å². The second-order valence-electron chi connectivity index (χ2n) is 1.24. The van der Waals surface area contributed by atoms with Crippen LogP contribution in [0.15, 0.2) is 0 Å². The van der Waals surface area contributed by atoms with Crippen LogP contribution in [0.3, 0.4) is 0 Å². The van der Waals surface area contributed by atoms with Crippen molar-refractivity contribution in [2.45, 2.75) is 13.2 Å². The molecule has 0 fully saturated rings. The average Bonchev–Trinajstić information content (AvgIpc) is 1.63. The van der Waals surface area contributed by atoms with Crippen molar-refractivity contribution in [2.24, 2.45) is 0 Å². The fraction of sp³-hybridized carbons (Fsp3) is 0.500. The van der Waals surface area contributed by atoms with E-state index in [1.54, 1.807) is 0 Å². The fourth-order valence-corrected chi connectivity index (χ4v) is 0.270.